The van der Waals surface area contributed by atoms with Gasteiger partial charge in [0.25, 0.3) is 17.7 Å². The fourth-order valence-electron chi connectivity index (χ4n) is 3.70. The second kappa shape index (κ2) is 8.93. The van der Waals surface area contributed by atoms with Crippen LogP contribution in [0.1, 0.15) is 61.3 Å². The lowest BCUT2D eigenvalue weighted by molar-refractivity contribution is -0.124. The number of imide groups is 1. The van der Waals surface area contributed by atoms with Gasteiger partial charge >= 0.3 is 5.97 Å². The van der Waals surface area contributed by atoms with Gasteiger partial charge in [-0.25, -0.2) is 9.69 Å². The number of ether oxygens (including phenoxy) is 1. The Kier molecular flexibility index (Phi) is 6.02. The van der Waals surface area contributed by atoms with Gasteiger partial charge in [0.15, 0.2) is 11.9 Å². The quantitative estimate of drug-likeness (QED) is 0.436. The minimum atomic E-state index is -1.08. The highest BCUT2D eigenvalue weighted by molar-refractivity contribution is 6.35. The molecule has 3 aromatic rings. The van der Waals surface area contributed by atoms with Crippen LogP contribution in [0.15, 0.2) is 47.0 Å². The summed E-state index contributed by atoms with van der Waals surface area (Å²) in [5.74, 6) is -1.58. The van der Waals surface area contributed by atoms with Gasteiger partial charge in [-0.1, -0.05) is 24.2 Å². The Labute approximate surface area is 195 Å². The Balaban J connectivity index is 1.54. The molecule has 0 bridgehead atoms. The van der Waals surface area contributed by atoms with Crippen molar-refractivity contribution >= 4 is 35.2 Å². The largest absolute Gasteiger partial charge is 0.449 e. The molecule has 1 N–H and O–H groups in total. The van der Waals surface area contributed by atoms with Crippen LogP contribution in [0.4, 0.5) is 11.5 Å². The standard InChI is InChI=1S/C25H23N3O6/c1-5-20(22(29)26-21-11-15(4)34-27-21)33-25(32)16-8-9-17-18(12-16)24(31)28(23(17)30)19-10-13(2)6-7-14(19)3/h6-12,20H,5H2,1-4H3,(H,26,27,29). The molecule has 1 aliphatic heterocycles. The second-order valence-corrected chi connectivity index (χ2v) is 8.11. The Morgan fingerprint density at radius 1 is 1.03 bits per heavy atom. The zero-order valence-corrected chi connectivity index (χ0v) is 19.2. The van der Waals surface area contributed by atoms with E-state index in [2.05, 4.69) is 10.5 Å². The first-order valence-electron chi connectivity index (χ1n) is 10.7. The van der Waals surface area contributed by atoms with Gasteiger partial charge in [-0.3, -0.25) is 14.4 Å². The summed E-state index contributed by atoms with van der Waals surface area (Å²) in [7, 11) is 0. The lowest BCUT2D eigenvalue weighted by atomic mass is 10.1. The van der Waals surface area contributed by atoms with Crippen molar-refractivity contribution in [1.82, 2.24) is 5.16 Å². The van der Waals surface area contributed by atoms with E-state index in [-0.39, 0.29) is 28.9 Å². The Morgan fingerprint density at radius 3 is 2.44 bits per heavy atom. The van der Waals surface area contributed by atoms with Gasteiger partial charge in [-0.15, -0.1) is 0 Å². The maximum Gasteiger partial charge on any atom is 0.338 e. The first kappa shape index (κ1) is 22.9. The molecule has 0 fully saturated rings. The molecule has 0 saturated carbocycles. The molecule has 9 heteroatoms. The topological polar surface area (TPSA) is 119 Å². The smallest absolute Gasteiger partial charge is 0.338 e. The van der Waals surface area contributed by atoms with E-state index >= 15 is 0 Å². The molecule has 0 aliphatic carbocycles. The number of carbonyl (C=O) groups excluding carboxylic acids is 4. The van der Waals surface area contributed by atoms with Gasteiger partial charge in [0.05, 0.1) is 22.4 Å². The molecule has 1 unspecified atom stereocenters. The minimum absolute atomic E-state index is 0.0613. The maximum atomic E-state index is 13.1. The zero-order chi connectivity index (χ0) is 24.6. The number of aromatic nitrogens is 1. The summed E-state index contributed by atoms with van der Waals surface area (Å²) in [5, 5.41) is 6.22. The number of aryl methyl sites for hydroxylation is 3. The molecule has 2 heterocycles. The first-order chi connectivity index (χ1) is 16.2. The molecule has 0 spiro atoms. The molecule has 4 rings (SSSR count). The third-order valence-corrected chi connectivity index (χ3v) is 5.52. The highest BCUT2D eigenvalue weighted by Crippen LogP contribution is 2.32. The molecule has 34 heavy (non-hydrogen) atoms. The molecule has 0 saturated heterocycles. The molecule has 2 aromatic carbocycles. The van der Waals surface area contributed by atoms with Crippen LogP contribution < -0.4 is 10.2 Å². The number of amides is 3. The van der Waals surface area contributed by atoms with Crippen molar-refractivity contribution in [3.8, 4) is 0 Å². The van der Waals surface area contributed by atoms with Crippen LogP contribution in [0, 0.1) is 20.8 Å². The van der Waals surface area contributed by atoms with E-state index in [4.69, 9.17) is 9.26 Å². The number of anilines is 2. The summed E-state index contributed by atoms with van der Waals surface area (Å²) in [4.78, 5) is 52.4. The van der Waals surface area contributed by atoms with Gasteiger partial charge in [-0.05, 0) is 62.6 Å². The number of hydrogen-bond acceptors (Lipinski definition) is 7. The average Bonchev–Trinajstić information content (AvgIpc) is 3.33. The van der Waals surface area contributed by atoms with E-state index in [0.717, 1.165) is 16.0 Å². The summed E-state index contributed by atoms with van der Waals surface area (Å²) in [6.45, 7) is 7.07. The minimum Gasteiger partial charge on any atom is -0.449 e. The van der Waals surface area contributed by atoms with Gasteiger partial charge in [0.2, 0.25) is 0 Å². The van der Waals surface area contributed by atoms with E-state index in [0.29, 0.717) is 11.4 Å². The summed E-state index contributed by atoms with van der Waals surface area (Å²) in [6.07, 6.45) is -0.862. The number of esters is 1. The Morgan fingerprint density at radius 2 is 1.76 bits per heavy atom. The molecule has 174 valence electrons. The van der Waals surface area contributed by atoms with Crippen molar-refractivity contribution in [1.29, 1.82) is 0 Å². The number of fused-ring (bicyclic) bond motifs is 1. The van der Waals surface area contributed by atoms with Gasteiger partial charge < -0.3 is 14.6 Å². The van der Waals surface area contributed by atoms with Crippen LogP contribution in [0.3, 0.4) is 0 Å². The second-order valence-electron chi connectivity index (χ2n) is 8.11. The summed E-state index contributed by atoms with van der Waals surface area (Å²) < 4.78 is 10.3. The van der Waals surface area contributed by atoms with Crippen LogP contribution in [-0.2, 0) is 9.53 Å². The number of rotatable bonds is 6. The summed E-state index contributed by atoms with van der Waals surface area (Å²) >= 11 is 0. The number of nitrogens with one attached hydrogen (secondary N) is 1. The lowest BCUT2D eigenvalue weighted by Crippen LogP contribution is -2.32. The number of hydrogen-bond donors (Lipinski definition) is 1. The van der Waals surface area contributed by atoms with Crippen LogP contribution in [0.2, 0.25) is 0 Å². The average molecular weight is 461 g/mol. The Bertz CT molecular complexity index is 1330. The molecule has 1 aliphatic rings. The van der Waals surface area contributed by atoms with E-state index < -0.39 is 29.8 Å². The maximum absolute atomic E-state index is 13.1. The van der Waals surface area contributed by atoms with E-state index in [1.54, 1.807) is 19.9 Å². The molecule has 1 aromatic heterocycles. The van der Waals surface area contributed by atoms with E-state index in [1.807, 2.05) is 26.0 Å². The monoisotopic (exact) mass is 461 g/mol. The fraction of sp³-hybridized carbons (Fsp3) is 0.240. The number of benzene rings is 2. The van der Waals surface area contributed by atoms with Gasteiger partial charge in [0.1, 0.15) is 5.76 Å². The number of carbonyl (C=O) groups is 4. The van der Waals surface area contributed by atoms with E-state index in [1.165, 1.54) is 24.3 Å². The molecular formula is C25H23N3O6. The van der Waals surface area contributed by atoms with Crippen molar-refractivity contribution in [3.63, 3.8) is 0 Å². The van der Waals surface area contributed by atoms with Crippen molar-refractivity contribution in [3.05, 3.63) is 76.0 Å². The van der Waals surface area contributed by atoms with Crippen molar-refractivity contribution in [2.45, 2.75) is 40.2 Å². The summed E-state index contributed by atoms with van der Waals surface area (Å²) in [5.41, 5.74) is 2.56. The van der Waals surface area contributed by atoms with Crippen LogP contribution >= 0.6 is 0 Å². The third-order valence-electron chi connectivity index (χ3n) is 5.52. The highest BCUT2D eigenvalue weighted by atomic mass is 16.5. The molecule has 9 nitrogen and oxygen atoms in total. The lowest BCUT2D eigenvalue weighted by Gasteiger charge is -2.17. The third kappa shape index (κ3) is 4.19. The molecule has 0 radical (unpaired) electrons. The van der Waals surface area contributed by atoms with Gasteiger partial charge in [-0.2, -0.15) is 0 Å². The van der Waals surface area contributed by atoms with Crippen molar-refractivity contribution < 1.29 is 28.4 Å². The van der Waals surface area contributed by atoms with Crippen LogP contribution in [-0.4, -0.2) is 35.0 Å². The van der Waals surface area contributed by atoms with Gasteiger partial charge in [0, 0.05) is 6.07 Å². The van der Waals surface area contributed by atoms with Crippen LogP contribution in [0.25, 0.3) is 0 Å². The molecule has 3 amide bonds. The van der Waals surface area contributed by atoms with Crippen molar-refractivity contribution in [2.24, 2.45) is 0 Å². The Hall–Kier alpha value is -4.27. The predicted octanol–water partition coefficient (Wildman–Crippen LogP) is 3.97. The van der Waals surface area contributed by atoms with Crippen LogP contribution in [0.5, 0.6) is 0 Å². The normalized spacial score (nSPS) is 13.6. The SMILES string of the molecule is CCC(OC(=O)c1ccc2c(c1)C(=O)N(c1cc(C)ccc1C)C2=O)C(=O)Nc1cc(C)on1. The summed E-state index contributed by atoms with van der Waals surface area (Å²) in [6, 6.07) is 11.2. The van der Waals surface area contributed by atoms with E-state index in [9.17, 15) is 19.2 Å². The number of nitrogens with zero attached hydrogens (tertiary/aromatic N) is 2. The highest BCUT2D eigenvalue weighted by Gasteiger charge is 2.38. The predicted molar refractivity (Wildman–Crippen MR) is 123 cm³/mol. The molecular weight excluding hydrogens is 438 g/mol. The first-order valence-corrected chi connectivity index (χ1v) is 10.7. The zero-order valence-electron chi connectivity index (χ0n) is 19.2. The molecule has 1 atom stereocenters. The van der Waals surface area contributed by atoms with Crippen molar-refractivity contribution in [2.75, 3.05) is 10.2 Å². The fourth-order valence-corrected chi connectivity index (χ4v) is 3.70.